The number of nitrogens with zero attached hydrogens (tertiary/aromatic N) is 2. The highest BCUT2D eigenvalue weighted by Crippen LogP contribution is 2.23. The first-order valence-corrected chi connectivity index (χ1v) is 7.08. The molecule has 2 heterocycles. The lowest BCUT2D eigenvalue weighted by atomic mass is 10.4. The van der Waals surface area contributed by atoms with E-state index in [9.17, 15) is 0 Å². The van der Waals surface area contributed by atoms with Gasteiger partial charge in [-0.25, -0.2) is 4.98 Å². The second kappa shape index (κ2) is 6.33. The van der Waals surface area contributed by atoms with E-state index in [0.717, 1.165) is 44.4 Å². The van der Waals surface area contributed by atoms with E-state index >= 15 is 0 Å². The molecule has 0 unspecified atom stereocenters. The third-order valence-corrected chi connectivity index (χ3v) is 3.78. The van der Waals surface area contributed by atoms with Gasteiger partial charge < -0.3 is 15.0 Å². The first kappa shape index (κ1) is 12.8. The molecule has 4 nitrogen and oxygen atoms in total. The number of nitrogens with one attached hydrogen (secondary N) is 1. The van der Waals surface area contributed by atoms with Gasteiger partial charge in [0.1, 0.15) is 0 Å². The van der Waals surface area contributed by atoms with Gasteiger partial charge in [-0.1, -0.05) is 13.8 Å². The minimum atomic E-state index is 0.520. The second-order valence-corrected chi connectivity index (χ2v) is 5.69. The Hall–Kier alpha value is -0.650. The summed E-state index contributed by atoms with van der Waals surface area (Å²) in [6.07, 6.45) is 3.08. The van der Waals surface area contributed by atoms with Crippen LogP contribution in [0, 0.1) is 0 Å². The van der Waals surface area contributed by atoms with Gasteiger partial charge in [0.05, 0.1) is 6.61 Å². The van der Waals surface area contributed by atoms with Crippen LogP contribution in [-0.4, -0.2) is 37.3 Å². The fourth-order valence-corrected chi connectivity index (χ4v) is 2.68. The average molecular weight is 255 g/mol. The van der Waals surface area contributed by atoms with Crippen LogP contribution in [-0.2, 0) is 11.3 Å². The Morgan fingerprint density at radius 2 is 2.35 bits per heavy atom. The molecular formula is C12H21N3OS. The fraction of sp³-hybridized carbons (Fsp3) is 0.750. The Labute approximate surface area is 107 Å². The van der Waals surface area contributed by atoms with Gasteiger partial charge in [0, 0.05) is 43.4 Å². The van der Waals surface area contributed by atoms with Crippen LogP contribution in [0.3, 0.4) is 0 Å². The Kier molecular flexibility index (Phi) is 4.76. The van der Waals surface area contributed by atoms with Crippen LogP contribution >= 0.6 is 11.3 Å². The minimum absolute atomic E-state index is 0.520. The smallest absolute Gasteiger partial charge is 0.185 e. The Bertz CT molecular complexity index is 332. The third-order valence-electron chi connectivity index (χ3n) is 2.72. The third kappa shape index (κ3) is 3.94. The number of aromatic nitrogens is 1. The van der Waals surface area contributed by atoms with Crippen molar-refractivity contribution in [2.24, 2.45) is 0 Å². The Morgan fingerprint density at radius 3 is 3.18 bits per heavy atom. The van der Waals surface area contributed by atoms with Crippen LogP contribution in [0.2, 0.25) is 0 Å². The highest BCUT2D eigenvalue weighted by atomic mass is 32.1. The predicted molar refractivity (Wildman–Crippen MR) is 71.7 cm³/mol. The van der Waals surface area contributed by atoms with E-state index in [1.807, 2.05) is 6.20 Å². The number of hydrogen-bond donors (Lipinski definition) is 1. The van der Waals surface area contributed by atoms with Crippen molar-refractivity contribution in [2.45, 2.75) is 32.9 Å². The van der Waals surface area contributed by atoms with Gasteiger partial charge >= 0.3 is 0 Å². The summed E-state index contributed by atoms with van der Waals surface area (Å²) in [6, 6.07) is 0.520. The molecule has 0 atom stereocenters. The van der Waals surface area contributed by atoms with Gasteiger partial charge in [0.15, 0.2) is 5.13 Å². The molecule has 5 heteroatoms. The summed E-state index contributed by atoms with van der Waals surface area (Å²) < 4.78 is 5.45. The summed E-state index contributed by atoms with van der Waals surface area (Å²) in [5, 5.41) is 4.55. The van der Waals surface area contributed by atoms with Gasteiger partial charge in [-0.3, -0.25) is 0 Å². The molecule has 0 radical (unpaired) electrons. The zero-order valence-corrected chi connectivity index (χ0v) is 11.4. The van der Waals surface area contributed by atoms with E-state index in [4.69, 9.17) is 4.74 Å². The molecule has 1 aromatic heterocycles. The zero-order valence-electron chi connectivity index (χ0n) is 10.6. The van der Waals surface area contributed by atoms with Crippen molar-refractivity contribution in [2.75, 3.05) is 31.2 Å². The van der Waals surface area contributed by atoms with Crippen molar-refractivity contribution in [3.63, 3.8) is 0 Å². The number of anilines is 1. The van der Waals surface area contributed by atoms with Crippen LogP contribution in [0.25, 0.3) is 0 Å². The molecule has 0 aliphatic carbocycles. The molecule has 2 rings (SSSR count). The lowest BCUT2D eigenvalue weighted by molar-refractivity contribution is 0.152. The first-order chi connectivity index (χ1) is 8.25. The summed E-state index contributed by atoms with van der Waals surface area (Å²) in [5.74, 6) is 0. The summed E-state index contributed by atoms with van der Waals surface area (Å²) in [6.45, 7) is 8.96. The van der Waals surface area contributed by atoms with Gasteiger partial charge in [0.2, 0.25) is 0 Å². The molecule has 17 heavy (non-hydrogen) atoms. The monoisotopic (exact) mass is 255 g/mol. The molecule has 0 saturated carbocycles. The van der Waals surface area contributed by atoms with Gasteiger partial charge in [0.25, 0.3) is 0 Å². The van der Waals surface area contributed by atoms with Crippen molar-refractivity contribution in [3.8, 4) is 0 Å². The molecule has 0 bridgehead atoms. The van der Waals surface area contributed by atoms with Crippen LogP contribution in [0.1, 0.15) is 25.1 Å². The maximum absolute atomic E-state index is 5.45. The first-order valence-electron chi connectivity index (χ1n) is 6.26. The van der Waals surface area contributed by atoms with Crippen molar-refractivity contribution in [1.82, 2.24) is 10.3 Å². The lowest BCUT2D eigenvalue weighted by Gasteiger charge is -2.17. The van der Waals surface area contributed by atoms with E-state index in [0.29, 0.717) is 6.04 Å². The normalized spacial score (nSPS) is 17.5. The minimum Gasteiger partial charge on any atom is -0.380 e. The van der Waals surface area contributed by atoms with Crippen molar-refractivity contribution in [3.05, 3.63) is 11.1 Å². The summed E-state index contributed by atoms with van der Waals surface area (Å²) >= 11 is 1.79. The van der Waals surface area contributed by atoms with Crippen LogP contribution in [0.15, 0.2) is 6.20 Å². The molecule has 0 amide bonds. The van der Waals surface area contributed by atoms with E-state index in [-0.39, 0.29) is 0 Å². The molecule has 1 aliphatic rings. The largest absolute Gasteiger partial charge is 0.380 e. The predicted octanol–water partition coefficient (Wildman–Crippen LogP) is 1.87. The fourth-order valence-electron chi connectivity index (χ4n) is 1.77. The van der Waals surface area contributed by atoms with Crippen LogP contribution in [0.5, 0.6) is 0 Å². The standard InChI is InChI=1S/C12H21N3OS/c1-10(2)13-8-11-9-14-12(17-11)15-4-3-6-16-7-5-15/h9-10,13H,3-8H2,1-2H3. The van der Waals surface area contributed by atoms with E-state index < -0.39 is 0 Å². The molecular weight excluding hydrogens is 234 g/mol. The van der Waals surface area contributed by atoms with Gasteiger partial charge in [-0.05, 0) is 6.42 Å². The van der Waals surface area contributed by atoms with E-state index in [1.165, 1.54) is 4.88 Å². The molecule has 1 fully saturated rings. The Balaban J connectivity index is 1.92. The topological polar surface area (TPSA) is 37.4 Å². The molecule has 96 valence electrons. The van der Waals surface area contributed by atoms with Crippen molar-refractivity contribution < 1.29 is 4.74 Å². The van der Waals surface area contributed by atoms with Crippen molar-refractivity contribution >= 4 is 16.5 Å². The number of thiazole rings is 1. The Morgan fingerprint density at radius 1 is 1.47 bits per heavy atom. The highest BCUT2D eigenvalue weighted by molar-refractivity contribution is 7.15. The van der Waals surface area contributed by atoms with E-state index in [2.05, 4.69) is 29.0 Å². The zero-order chi connectivity index (χ0) is 12.1. The van der Waals surface area contributed by atoms with E-state index in [1.54, 1.807) is 11.3 Å². The van der Waals surface area contributed by atoms with Crippen LogP contribution in [0.4, 0.5) is 5.13 Å². The molecule has 0 spiro atoms. The molecule has 0 aromatic carbocycles. The quantitative estimate of drug-likeness (QED) is 0.891. The maximum Gasteiger partial charge on any atom is 0.185 e. The molecule has 1 N–H and O–H groups in total. The molecule has 1 aromatic rings. The SMILES string of the molecule is CC(C)NCc1cnc(N2CCCOCC2)s1. The number of hydrogen-bond acceptors (Lipinski definition) is 5. The lowest BCUT2D eigenvalue weighted by Crippen LogP contribution is -2.25. The molecule has 1 saturated heterocycles. The van der Waals surface area contributed by atoms with Crippen LogP contribution < -0.4 is 10.2 Å². The highest BCUT2D eigenvalue weighted by Gasteiger charge is 2.13. The number of ether oxygens (including phenoxy) is 1. The summed E-state index contributed by atoms with van der Waals surface area (Å²) in [5.41, 5.74) is 0. The maximum atomic E-state index is 5.45. The summed E-state index contributed by atoms with van der Waals surface area (Å²) in [4.78, 5) is 8.14. The van der Waals surface area contributed by atoms with Gasteiger partial charge in [-0.15, -0.1) is 11.3 Å². The molecule has 1 aliphatic heterocycles. The number of rotatable bonds is 4. The average Bonchev–Trinajstić information content (AvgIpc) is 2.60. The summed E-state index contributed by atoms with van der Waals surface area (Å²) in [7, 11) is 0. The van der Waals surface area contributed by atoms with Gasteiger partial charge in [-0.2, -0.15) is 0 Å². The second-order valence-electron chi connectivity index (χ2n) is 4.60. The van der Waals surface area contributed by atoms with Crippen molar-refractivity contribution in [1.29, 1.82) is 0 Å².